The first-order valence-corrected chi connectivity index (χ1v) is 11.2. The number of rotatable bonds is 7. The van der Waals surface area contributed by atoms with Gasteiger partial charge in [0.25, 0.3) is 0 Å². The van der Waals surface area contributed by atoms with Crippen molar-refractivity contribution in [1.29, 1.82) is 0 Å². The number of methoxy groups -OCH3 is 1. The number of carbonyl (C=O) groups is 1. The number of piperidine rings is 1. The Hall–Kier alpha value is -1.51. The standard InChI is InChI=1S/C18H28ClN3O4S/c1-5-16(18(23)20-13-8-10-21(2)11-9-13)22(27(4,24)25)14-6-7-17(26-3)15(19)12-14/h6-7,12-13,16H,5,8-11H2,1-4H3,(H,20,23). The molecule has 152 valence electrons. The first-order valence-electron chi connectivity index (χ1n) is 8.99. The summed E-state index contributed by atoms with van der Waals surface area (Å²) in [6, 6.07) is 3.91. The average Bonchev–Trinajstić information content (AvgIpc) is 2.60. The quantitative estimate of drug-likeness (QED) is 0.735. The third-order valence-corrected chi connectivity index (χ3v) is 6.26. The van der Waals surface area contributed by atoms with Crippen LogP contribution in [0.5, 0.6) is 5.75 Å². The van der Waals surface area contributed by atoms with Crippen molar-refractivity contribution in [2.45, 2.75) is 38.3 Å². The molecule has 0 spiro atoms. The van der Waals surface area contributed by atoms with Crippen molar-refractivity contribution in [3.63, 3.8) is 0 Å². The van der Waals surface area contributed by atoms with E-state index in [-0.39, 0.29) is 17.0 Å². The maximum absolute atomic E-state index is 12.9. The summed E-state index contributed by atoms with van der Waals surface area (Å²) in [6.07, 6.45) is 3.14. The number of ether oxygens (including phenoxy) is 1. The Morgan fingerprint density at radius 2 is 2.04 bits per heavy atom. The number of benzene rings is 1. The molecule has 1 heterocycles. The molecule has 27 heavy (non-hydrogen) atoms. The Balaban J connectivity index is 2.27. The Morgan fingerprint density at radius 3 is 2.52 bits per heavy atom. The van der Waals surface area contributed by atoms with Gasteiger partial charge in [-0.1, -0.05) is 18.5 Å². The van der Waals surface area contributed by atoms with Crippen LogP contribution >= 0.6 is 11.6 Å². The minimum atomic E-state index is -3.70. The number of sulfonamides is 1. The molecule has 0 aromatic heterocycles. The van der Waals surface area contributed by atoms with E-state index in [1.807, 2.05) is 7.05 Å². The van der Waals surface area contributed by atoms with Gasteiger partial charge in [-0.25, -0.2) is 8.42 Å². The zero-order chi connectivity index (χ0) is 20.2. The maximum atomic E-state index is 12.9. The Kier molecular flexibility index (Phi) is 7.36. The lowest BCUT2D eigenvalue weighted by Crippen LogP contribution is -2.53. The molecule has 1 fully saturated rings. The molecule has 1 atom stereocenters. The SMILES string of the molecule is CCC(C(=O)NC1CCN(C)CC1)N(c1ccc(OC)c(Cl)c1)S(C)(=O)=O. The fraction of sp³-hybridized carbons (Fsp3) is 0.611. The first-order chi connectivity index (χ1) is 12.7. The van der Waals surface area contributed by atoms with E-state index >= 15 is 0 Å². The largest absolute Gasteiger partial charge is 0.495 e. The van der Waals surface area contributed by atoms with Crippen LogP contribution in [-0.4, -0.2) is 64.8 Å². The topological polar surface area (TPSA) is 79.0 Å². The molecule has 1 aliphatic rings. The van der Waals surface area contributed by atoms with Crippen molar-refractivity contribution in [3.8, 4) is 5.75 Å². The summed E-state index contributed by atoms with van der Waals surface area (Å²) in [5, 5.41) is 3.31. The van der Waals surface area contributed by atoms with Crippen LogP contribution in [0.2, 0.25) is 5.02 Å². The molecule has 1 saturated heterocycles. The molecular weight excluding hydrogens is 390 g/mol. The maximum Gasteiger partial charge on any atom is 0.244 e. The van der Waals surface area contributed by atoms with E-state index in [1.54, 1.807) is 19.1 Å². The zero-order valence-corrected chi connectivity index (χ0v) is 17.8. The summed E-state index contributed by atoms with van der Waals surface area (Å²) in [7, 11) is -0.163. The summed E-state index contributed by atoms with van der Waals surface area (Å²) in [5.74, 6) is 0.155. The number of anilines is 1. The fourth-order valence-electron chi connectivity index (χ4n) is 3.30. The lowest BCUT2D eigenvalue weighted by atomic mass is 10.0. The fourth-order valence-corrected chi connectivity index (χ4v) is 4.76. The molecule has 7 nitrogen and oxygen atoms in total. The van der Waals surface area contributed by atoms with Gasteiger partial charge in [-0.2, -0.15) is 0 Å². The zero-order valence-electron chi connectivity index (χ0n) is 16.2. The molecule has 0 radical (unpaired) electrons. The number of carbonyl (C=O) groups excluding carboxylic acids is 1. The average molecular weight is 418 g/mol. The van der Waals surface area contributed by atoms with Crippen LogP contribution in [0.15, 0.2) is 18.2 Å². The van der Waals surface area contributed by atoms with Crippen LogP contribution in [0.25, 0.3) is 0 Å². The molecule has 1 N–H and O–H groups in total. The minimum Gasteiger partial charge on any atom is -0.495 e. The van der Waals surface area contributed by atoms with E-state index < -0.39 is 16.1 Å². The first kappa shape index (κ1) is 21.8. The highest BCUT2D eigenvalue weighted by molar-refractivity contribution is 7.92. The van der Waals surface area contributed by atoms with Crippen LogP contribution in [0.4, 0.5) is 5.69 Å². The molecule has 1 amide bonds. The van der Waals surface area contributed by atoms with Gasteiger partial charge in [0.15, 0.2) is 0 Å². The summed E-state index contributed by atoms with van der Waals surface area (Å²) >= 11 is 6.17. The second-order valence-corrected chi connectivity index (χ2v) is 9.15. The van der Waals surface area contributed by atoms with Gasteiger partial charge in [-0.15, -0.1) is 0 Å². The van der Waals surface area contributed by atoms with Gasteiger partial charge < -0.3 is 15.0 Å². The van der Waals surface area contributed by atoms with E-state index in [2.05, 4.69) is 10.2 Å². The summed E-state index contributed by atoms with van der Waals surface area (Å²) < 4.78 is 31.3. The highest BCUT2D eigenvalue weighted by atomic mass is 35.5. The van der Waals surface area contributed by atoms with Gasteiger partial charge in [-0.3, -0.25) is 9.10 Å². The van der Waals surface area contributed by atoms with Crippen molar-refractivity contribution in [2.75, 3.05) is 37.8 Å². The van der Waals surface area contributed by atoms with Crippen LogP contribution < -0.4 is 14.4 Å². The molecule has 1 aromatic carbocycles. The molecule has 1 aromatic rings. The van der Waals surface area contributed by atoms with Crippen LogP contribution in [-0.2, 0) is 14.8 Å². The van der Waals surface area contributed by atoms with E-state index in [4.69, 9.17) is 16.3 Å². The van der Waals surface area contributed by atoms with Crippen molar-refractivity contribution in [3.05, 3.63) is 23.2 Å². The number of hydrogen-bond acceptors (Lipinski definition) is 5. The van der Waals surface area contributed by atoms with Crippen molar-refractivity contribution in [2.24, 2.45) is 0 Å². The van der Waals surface area contributed by atoms with Gasteiger partial charge in [0.2, 0.25) is 15.9 Å². The second kappa shape index (κ2) is 9.12. The predicted molar refractivity (Wildman–Crippen MR) is 108 cm³/mol. The lowest BCUT2D eigenvalue weighted by molar-refractivity contribution is -0.123. The number of amides is 1. The smallest absolute Gasteiger partial charge is 0.244 e. The molecule has 1 unspecified atom stereocenters. The highest BCUT2D eigenvalue weighted by Gasteiger charge is 2.33. The summed E-state index contributed by atoms with van der Waals surface area (Å²) in [6.45, 7) is 3.61. The van der Waals surface area contributed by atoms with Crippen LogP contribution in [0, 0.1) is 0 Å². The lowest BCUT2D eigenvalue weighted by Gasteiger charge is -2.34. The van der Waals surface area contributed by atoms with Gasteiger partial charge in [-0.05, 0) is 57.6 Å². The molecule has 0 bridgehead atoms. The molecule has 2 rings (SSSR count). The number of nitrogens with zero attached hydrogens (tertiary/aromatic N) is 2. The van der Waals surface area contributed by atoms with Crippen LogP contribution in [0.3, 0.4) is 0 Å². The van der Waals surface area contributed by atoms with E-state index in [9.17, 15) is 13.2 Å². The number of hydrogen-bond donors (Lipinski definition) is 1. The minimum absolute atomic E-state index is 0.0589. The normalized spacial score (nSPS) is 17.4. The van der Waals surface area contributed by atoms with E-state index in [1.165, 1.54) is 13.2 Å². The van der Waals surface area contributed by atoms with Crippen molar-refractivity contribution >= 4 is 33.2 Å². The Morgan fingerprint density at radius 1 is 1.41 bits per heavy atom. The molecular formula is C18H28ClN3O4S. The molecule has 1 aliphatic heterocycles. The monoisotopic (exact) mass is 417 g/mol. The predicted octanol–water partition coefficient (Wildman–Crippen LogP) is 2.10. The Bertz CT molecular complexity index is 764. The summed E-state index contributed by atoms with van der Waals surface area (Å²) in [4.78, 5) is 15.1. The number of likely N-dealkylation sites (tertiary alicyclic amines) is 1. The van der Waals surface area contributed by atoms with Gasteiger partial charge in [0.05, 0.1) is 24.1 Å². The van der Waals surface area contributed by atoms with Gasteiger partial charge in [0, 0.05) is 6.04 Å². The number of nitrogens with one attached hydrogen (secondary N) is 1. The van der Waals surface area contributed by atoms with E-state index in [0.717, 1.165) is 36.5 Å². The molecule has 0 saturated carbocycles. The van der Waals surface area contributed by atoms with Crippen LogP contribution in [0.1, 0.15) is 26.2 Å². The van der Waals surface area contributed by atoms with Crippen molar-refractivity contribution < 1.29 is 17.9 Å². The summed E-state index contributed by atoms with van der Waals surface area (Å²) in [5.41, 5.74) is 0.341. The molecule has 0 aliphatic carbocycles. The third-order valence-electron chi connectivity index (χ3n) is 4.78. The third kappa shape index (κ3) is 5.49. The van der Waals surface area contributed by atoms with Gasteiger partial charge in [0.1, 0.15) is 11.8 Å². The molecule has 9 heteroatoms. The van der Waals surface area contributed by atoms with Crippen molar-refractivity contribution in [1.82, 2.24) is 10.2 Å². The van der Waals surface area contributed by atoms with E-state index in [0.29, 0.717) is 17.9 Å². The second-order valence-electron chi connectivity index (χ2n) is 6.89. The highest BCUT2D eigenvalue weighted by Crippen LogP contribution is 2.31. The number of halogens is 1. The van der Waals surface area contributed by atoms with Gasteiger partial charge >= 0.3 is 0 Å². The Labute approximate surface area is 166 Å².